The average Bonchev–Trinajstić information content (AvgIpc) is 2.59. The SMILES string of the molecule is COc1cccc(/C=C/C(=O)c2ccc3c(c2)OCCO3)c1. The zero-order chi connectivity index (χ0) is 15.4. The summed E-state index contributed by atoms with van der Waals surface area (Å²) < 4.78 is 16.1. The average molecular weight is 296 g/mol. The second-order valence-electron chi connectivity index (χ2n) is 4.83. The van der Waals surface area contributed by atoms with Crippen molar-refractivity contribution in [3.8, 4) is 17.2 Å². The Balaban J connectivity index is 1.77. The smallest absolute Gasteiger partial charge is 0.185 e. The lowest BCUT2D eigenvalue weighted by atomic mass is 10.1. The zero-order valence-corrected chi connectivity index (χ0v) is 12.2. The molecule has 1 aliphatic heterocycles. The molecule has 112 valence electrons. The molecule has 0 aromatic heterocycles. The summed E-state index contributed by atoms with van der Waals surface area (Å²) in [4.78, 5) is 12.2. The first-order valence-electron chi connectivity index (χ1n) is 7.02. The van der Waals surface area contributed by atoms with Gasteiger partial charge in [0.05, 0.1) is 7.11 Å². The van der Waals surface area contributed by atoms with Gasteiger partial charge in [-0.05, 0) is 42.0 Å². The maximum Gasteiger partial charge on any atom is 0.185 e. The standard InChI is InChI=1S/C18H16O4/c1-20-15-4-2-3-13(11-15)5-7-16(19)14-6-8-17-18(12-14)22-10-9-21-17/h2-8,11-12H,9-10H2,1H3/b7-5+. The van der Waals surface area contributed by atoms with Crippen molar-refractivity contribution in [3.63, 3.8) is 0 Å². The lowest BCUT2D eigenvalue weighted by molar-refractivity contribution is 0.104. The molecular weight excluding hydrogens is 280 g/mol. The van der Waals surface area contributed by atoms with Gasteiger partial charge in [0.15, 0.2) is 17.3 Å². The fourth-order valence-corrected chi connectivity index (χ4v) is 2.21. The Kier molecular flexibility index (Phi) is 4.10. The van der Waals surface area contributed by atoms with Gasteiger partial charge >= 0.3 is 0 Å². The molecule has 0 atom stereocenters. The maximum atomic E-state index is 12.2. The molecule has 2 aromatic rings. The number of benzene rings is 2. The van der Waals surface area contributed by atoms with Gasteiger partial charge < -0.3 is 14.2 Å². The monoisotopic (exact) mass is 296 g/mol. The number of rotatable bonds is 4. The van der Waals surface area contributed by atoms with Gasteiger partial charge in [-0.15, -0.1) is 0 Å². The van der Waals surface area contributed by atoms with Crippen LogP contribution < -0.4 is 14.2 Å². The van der Waals surface area contributed by atoms with Crippen LogP contribution in [0, 0.1) is 0 Å². The molecule has 0 amide bonds. The first kappa shape index (κ1) is 14.2. The van der Waals surface area contributed by atoms with Gasteiger partial charge in [0.25, 0.3) is 0 Å². The van der Waals surface area contributed by atoms with Crippen molar-refractivity contribution in [2.45, 2.75) is 0 Å². The number of fused-ring (bicyclic) bond motifs is 1. The molecule has 0 saturated carbocycles. The van der Waals surface area contributed by atoms with Crippen LogP contribution in [-0.4, -0.2) is 26.1 Å². The number of hydrogen-bond acceptors (Lipinski definition) is 4. The molecule has 4 nitrogen and oxygen atoms in total. The Hall–Kier alpha value is -2.75. The van der Waals surface area contributed by atoms with E-state index in [0.717, 1.165) is 11.3 Å². The highest BCUT2D eigenvalue weighted by molar-refractivity contribution is 6.07. The van der Waals surface area contributed by atoms with Crippen molar-refractivity contribution in [2.24, 2.45) is 0 Å². The van der Waals surface area contributed by atoms with Crippen molar-refractivity contribution in [2.75, 3.05) is 20.3 Å². The van der Waals surface area contributed by atoms with Gasteiger partial charge in [-0.2, -0.15) is 0 Å². The van der Waals surface area contributed by atoms with Crippen LogP contribution in [0.3, 0.4) is 0 Å². The Labute approximate surface area is 128 Å². The topological polar surface area (TPSA) is 44.8 Å². The van der Waals surface area contributed by atoms with E-state index in [-0.39, 0.29) is 5.78 Å². The summed E-state index contributed by atoms with van der Waals surface area (Å²) in [6.45, 7) is 1.04. The third-order valence-electron chi connectivity index (χ3n) is 3.35. The highest BCUT2D eigenvalue weighted by Gasteiger charge is 2.13. The van der Waals surface area contributed by atoms with Crippen molar-refractivity contribution >= 4 is 11.9 Å². The predicted octanol–water partition coefficient (Wildman–Crippen LogP) is 3.36. The lowest BCUT2D eigenvalue weighted by Gasteiger charge is -2.18. The molecule has 1 heterocycles. The number of carbonyl (C=O) groups is 1. The summed E-state index contributed by atoms with van der Waals surface area (Å²) in [5.74, 6) is 1.97. The number of carbonyl (C=O) groups excluding carboxylic acids is 1. The first-order chi connectivity index (χ1) is 10.8. The minimum Gasteiger partial charge on any atom is -0.497 e. The van der Waals surface area contributed by atoms with E-state index >= 15 is 0 Å². The molecule has 0 radical (unpaired) electrons. The van der Waals surface area contributed by atoms with E-state index < -0.39 is 0 Å². The van der Waals surface area contributed by atoms with Crippen molar-refractivity contribution in [1.29, 1.82) is 0 Å². The van der Waals surface area contributed by atoms with E-state index in [1.165, 1.54) is 0 Å². The fraction of sp³-hybridized carbons (Fsp3) is 0.167. The molecule has 0 unspecified atom stereocenters. The van der Waals surface area contributed by atoms with E-state index in [9.17, 15) is 4.79 Å². The Bertz CT molecular complexity index is 719. The van der Waals surface area contributed by atoms with E-state index in [0.29, 0.717) is 30.3 Å². The molecule has 0 saturated heterocycles. The molecule has 4 heteroatoms. The van der Waals surface area contributed by atoms with Crippen LogP contribution in [0.15, 0.2) is 48.5 Å². The van der Waals surface area contributed by atoms with Gasteiger partial charge in [-0.1, -0.05) is 18.2 Å². The number of methoxy groups -OCH3 is 1. The Morgan fingerprint density at radius 1 is 1.09 bits per heavy atom. The summed E-state index contributed by atoms with van der Waals surface area (Å²) in [7, 11) is 1.61. The Morgan fingerprint density at radius 3 is 2.73 bits per heavy atom. The molecule has 2 aromatic carbocycles. The first-order valence-corrected chi connectivity index (χ1v) is 7.02. The highest BCUT2D eigenvalue weighted by Crippen LogP contribution is 2.31. The quantitative estimate of drug-likeness (QED) is 0.641. The third kappa shape index (κ3) is 3.11. The van der Waals surface area contributed by atoms with Crippen molar-refractivity contribution < 1.29 is 19.0 Å². The number of ketones is 1. The lowest BCUT2D eigenvalue weighted by Crippen LogP contribution is -2.15. The van der Waals surface area contributed by atoms with Crippen LogP contribution in [0.1, 0.15) is 15.9 Å². The molecular formula is C18H16O4. The van der Waals surface area contributed by atoms with Gasteiger partial charge in [-0.3, -0.25) is 4.79 Å². The normalized spacial score (nSPS) is 13.1. The summed E-state index contributed by atoms with van der Waals surface area (Å²) >= 11 is 0. The fourth-order valence-electron chi connectivity index (χ4n) is 2.21. The number of allylic oxidation sites excluding steroid dienone is 1. The second kappa shape index (κ2) is 6.35. The summed E-state index contributed by atoms with van der Waals surface area (Å²) in [6.07, 6.45) is 3.31. The van der Waals surface area contributed by atoms with E-state index in [1.807, 2.05) is 24.3 Å². The molecule has 0 N–H and O–H groups in total. The summed E-state index contributed by atoms with van der Waals surface area (Å²) in [6, 6.07) is 12.7. The van der Waals surface area contributed by atoms with Gasteiger partial charge in [-0.25, -0.2) is 0 Å². The molecule has 0 spiro atoms. The van der Waals surface area contributed by atoms with Crippen LogP contribution in [0.4, 0.5) is 0 Å². The van der Waals surface area contributed by atoms with Crippen LogP contribution in [0.25, 0.3) is 6.08 Å². The van der Waals surface area contributed by atoms with Crippen LogP contribution >= 0.6 is 0 Å². The van der Waals surface area contributed by atoms with Crippen molar-refractivity contribution in [3.05, 3.63) is 59.7 Å². The third-order valence-corrected chi connectivity index (χ3v) is 3.35. The summed E-state index contributed by atoms with van der Waals surface area (Å²) in [5, 5.41) is 0. The van der Waals surface area contributed by atoms with E-state index in [4.69, 9.17) is 14.2 Å². The number of ether oxygens (including phenoxy) is 3. The second-order valence-corrected chi connectivity index (χ2v) is 4.83. The van der Waals surface area contributed by atoms with Crippen molar-refractivity contribution in [1.82, 2.24) is 0 Å². The molecule has 1 aliphatic rings. The maximum absolute atomic E-state index is 12.2. The van der Waals surface area contributed by atoms with Gasteiger partial charge in [0, 0.05) is 5.56 Å². The largest absolute Gasteiger partial charge is 0.497 e. The van der Waals surface area contributed by atoms with Crippen LogP contribution in [-0.2, 0) is 0 Å². The summed E-state index contributed by atoms with van der Waals surface area (Å²) in [5.41, 5.74) is 1.48. The molecule has 0 fully saturated rings. The van der Waals surface area contributed by atoms with Crippen LogP contribution in [0.5, 0.6) is 17.2 Å². The molecule has 22 heavy (non-hydrogen) atoms. The van der Waals surface area contributed by atoms with E-state index in [1.54, 1.807) is 37.5 Å². The minimum absolute atomic E-state index is 0.0835. The van der Waals surface area contributed by atoms with Crippen LogP contribution in [0.2, 0.25) is 0 Å². The molecule has 0 aliphatic carbocycles. The molecule has 3 rings (SSSR count). The predicted molar refractivity (Wildman–Crippen MR) is 83.8 cm³/mol. The zero-order valence-electron chi connectivity index (χ0n) is 12.2. The minimum atomic E-state index is -0.0835. The number of hydrogen-bond donors (Lipinski definition) is 0. The van der Waals surface area contributed by atoms with Gasteiger partial charge in [0.1, 0.15) is 19.0 Å². The van der Waals surface area contributed by atoms with E-state index in [2.05, 4.69) is 0 Å². The van der Waals surface area contributed by atoms with Gasteiger partial charge in [0.2, 0.25) is 0 Å². The Morgan fingerprint density at radius 2 is 1.91 bits per heavy atom. The highest BCUT2D eigenvalue weighted by atomic mass is 16.6. The molecule has 0 bridgehead atoms.